The zero-order valence-electron chi connectivity index (χ0n) is 13.6. The van der Waals surface area contributed by atoms with E-state index in [-0.39, 0.29) is 12.2 Å². The summed E-state index contributed by atoms with van der Waals surface area (Å²) in [6, 6.07) is 3.47. The van der Waals surface area contributed by atoms with Gasteiger partial charge in [-0.25, -0.2) is 4.79 Å². The van der Waals surface area contributed by atoms with Gasteiger partial charge >= 0.3 is 6.09 Å². The molecule has 0 spiro atoms. The molecule has 1 heterocycles. The molecule has 0 aliphatic carbocycles. The Labute approximate surface area is 130 Å². The maximum atomic E-state index is 12.1. The van der Waals surface area contributed by atoms with Crippen molar-refractivity contribution in [1.82, 2.24) is 4.90 Å². The van der Waals surface area contributed by atoms with Gasteiger partial charge in [0.15, 0.2) is 11.5 Å². The Kier molecular flexibility index (Phi) is 4.97. The first-order chi connectivity index (χ1) is 10.5. The maximum absolute atomic E-state index is 12.1. The second-order valence-corrected chi connectivity index (χ2v) is 5.26. The number of methoxy groups -OCH3 is 3. The molecule has 1 saturated heterocycles. The van der Waals surface area contributed by atoms with Crippen LogP contribution in [-0.2, 0) is 4.74 Å². The van der Waals surface area contributed by atoms with Crippen molar-refractivity contribution >= 4 is 11.8 Å². The number of cyclic esters (lactones) is 1. The lowest BCUT2D eigenvalue weighted by Gasteiger charge is -2.18. The molecule has 0 saturated carbocycles. The molecular weight excluding hydrogens is 288 g/mol. The standard InChI is InChI=1S/C15H22N2O5/c1-16(2)8-11-9-17(15(18)22-11)10-6-12(19-3)14(21-5)13(7-10)20-4/h6-7,11H,8-9H2,1-5H3. The van der Waals surface area contributed by atoms with Gasteiger partial charge in [-0.1, -0.05) is 0 Å². The van der Waals surface area contributed by atoms with Gasteiger partial charge in [-0.2, -0.15) is 0 Å². The van der Waals surface area contributed by atoms with Crippen LogP contribution in [0.3, 0.4) is 0 Å². The van der Waals surface area contributed by atoms with Crippen LogP contribution < -0.4 is 19.1 Å². The van der Waals surface area contributed by atoms with Gasteiger partial charge in [0.1, 0.15) is 6.10 Å². The van der Waals surface area contributed by atoms with Gasteiger partial charge in [0.2, 0.25) is 5.75 Å². The Morgan fingerprint density at radius 2 is 1.77 bits per heavy atom. The quantitative estimate of drug-likeness (QED) is 0.795. The fraction of sp³-hybridized carbons (Fsp3) is 0.533. The van der Waals surface area contributed by atoms with E-state index in [1.165, 1.54) is 21.3 Å². The van der Waals surface area contributed by atoms with E-state index in [0.29, 0.717) is 36.0 Å². The summed E-state index contributed by atoms with van der Waals surface area (Å²) in [6.45, 7) is 1.16. The maximum Gasteiger partial charge on any atom is 0.414 e. The monoisotopic (exact) mass is 310 g/mol. The Bertz CT molecular complexity index is 522. The van der Waals surface area contributed by atoms with E-state index in [1.807, 2.05) is 19.0 Å². The smallest absolute Gasteiger partial charge is 0.414 e. The minimum atomic E-state index is -0.374. The van der Waals surface area contributed by atoms with Crippen LogP contribution in [0, 0.1) is 0 Å². The highest BCUT2D eigenvalue weighted by Crippen LogP contribution is 2.41. The molecule has 7 heteroatoms. The second-order valence-electron chi connectivity index (χ2n) is 5.26. The number of rotatable bonds is 6. The summed E-state index contributed by atoms with van der Waals surface area (Å²) in [6.07, 6.45) is -0.539. The largest absolute Gasteiger partial charge is 0.493 e. The highest BCUT2D eigenvalue weighted by Gasteiger charge is 2.33. The molecule has 1 aromatic carbocycles. The molecular formula is C15H22N2O5. The molecule has 1 aliphatic rings. The van der Waals surface area contributed by atoms with E-state index in [9.17, 15) is 4.79 Å². The van der Waals surface area contributed by atoms with Gasteiger partial charge in [0.05, 0.1) is 33.6 Å². The number of nitrogens with zero attached hydrogens (tertiary/aromatic N) is 2. The third-order valence-corrected chi connectivity index (χ3v) is 3.40. The number of benzene rings is 1. The fourth-order valence-corrected chi connectivity index (χ4v) is 2.46. The van der Waals surface area contributed by atoms with E-state index in [0.717, 1.165) is 0 Å². The number of anilines is 1. The Morgan fingerprint density at radius 1 is 1.18 bits per heavy atom. The van der Waals surface area contributed by atoms with Crippen molar-refractivity contribution in [2.75, 3.05) is 53.4 Å². The average Bonchev–Trinajstić information content (AvgIpc) is 2.85. The molecule has 7 nitrogen and oxygen atoms in total. The van der Waals surface area contributed by atoms with Crippen LogP contribution >= 0.6 is 0 Å². The van der Waals surface area contributed by atoms with Crippen molar-refractivity contribution in [3.8, 4) is 17.2 Å². The lowest BCUT2D eigenvalue weighted by molar-refractivity contribution is 0.123. The summed E-state index contributed by atoms with van der Waals surface area (Å²) in [4.78, 5) is 15.6. The van der Waals surface area contributed by atoms with Gasteiger partial charge < -0.3 is 23.8 Å². The topological polar surface area (TPSA) is 60.5 Å². The number of likely N-dealkylation sites (N-methyl/N-ethyl adjacent to an activating group) is 1. The fourth-order valence-electron chi connectivity index (χ4n) is 2.46. The summed E-state index contributed by atoms with van der Waals surface area (Å²) < 4.78 is 21.3. The van der Waals surface area contributed by atoms with Crippen molar-refractivity contribution in [2.45, 2.75) is 6.10 Å². The summed E-state index contributed by atoms with van der Waals surface area (Å²) in [5, 5.41) is 0. The SMILES string of the molecule is COc1cc(N2CC(CN(C)C)OC2=O)cc(OC)c1OC. The van der Waals surface area contributed by atoms with Gasteiger partial charge in [-0.3, -0.25) is 4.90 Å². The van der Waals surface area contributed by atoms with Crippen LogP contribution in [0.5, 0.6) is 17.2 Å². The number of carbonyl (C=O) groups excluding carboxylic acids is 1. The molecule has 1 fully saturated rings. The van der Waals surface area contributed by atoms with E-state index >= 15 is 0 Å². The molecule has 1 amide bonds. The third kappa shape index (κ3) is 3.19. The Hall–Kier alpha value is -2.15. The average molecular weight is 310 g/mol. The molecule has 0 N–H and O–H groups in total. The minimum absolute atomic E-state index is 0.165. The normalized spacial score (nSPS) is 17.6. The van der Waals surface area contributed by atoms with Gasteiger partial charge in [-0.15, -0.1) is 0 Å². The number of hydrogen-bond donors (Lipinski definition) is 0. The molecule has 1 atom stereocenters. The Balaban J connectivity index is 2.30. The molecule has 1 unspecified atom stereocenters. The van der Waals surface area contributed by atoms with Crippen LogP contribution in [0.15, 0.2) is 12.1 Å². The zero-order chi connectivity index (χ0) is 16.3. The molecule has 2 rings (SSSR count). The first-order valence-electron chi connectivity index (χ1n) is 6.93. The molecule has 122 valence electrons. The first-order valence-corrected chi connectivity index (χ1v) is 6.93. The van der Waals surface area contributed by atoms with E-state index in [2.05, 4.69) is 0 Å². The number of carbonyl (C=O) groups is 1. The molecule has 0 aromatic heterocycles. The summed E-state index contributed by atoms with van der Waals surface area (Å²) in [5.41, 5.74) is 0.653. The first kappa shape index (κ1) is 16.2. The lowest BCUT2D eigenvalue weighted by Crippen LogP contribution is -2.30. The number of hydrogen-bond acceptors (Lipinski definition) is 6. The van der Waals surface area contributed by atoms with Crippen LogP contribution in [0.1, 0.15) is 0 Å². The van der Waals surface area contributed by atoms with Crippen LogP contribution in [-0.4, -0.2) is 65.6 Å². The van der Waals surface area contributed by atoms with Crippen LogP contribution in [0.25, 0.3) is 0 Å². The van der Waals surface area contributed by atoms with Crippen LogP contribution in [0.2, 0.25) is 0 Å². The molecule has 22 heavy (non-hydrogen) atoms. The highest BCUT2D eigenvalue weighted by atomic mass is 16.6. The predicted octanol–water partition coefficient (Wildman–Crippen LogP) is 1.60. The zero-order valence-corrected chi connectivity index (χ0v) is 13.6. The predicted molar refractivity (Wildman–Crippen MR) is 82.3 cm³/mol. The van der Waals surface area contributed by atoms with Gasteiger partial charge in [-0.05, 0) is 14.1 Å². The van der Waals surface area contributed by atoms with E-state index in [1.54, 1.807) is 17.0 Å². The minimum Gasteiger partial charge on any atom is -0.493 e. The lowest BCUT2D eigenvalue weighted by atomic mass is 10.2. The highest BCUT2D eigenvalue weighted by molar-refractivity contribution is 5.90. The van der Waals surface area contributed by atoms with Crippen molar-refractivity contribution in [3.05, 3.63) is 12.1 Å². The van der Waals surface area contributed by atoms with E-state index in [4.69, 9.17) is 18.9 Å². The molecule has 1 aromatic rings. The summed E-state index contributed by atoms with van der Waals surface area (Å²) in [5.74, 6) is 1.49. The van der Waals surface area contributed by atoms with Gasteiger partial charge in [0, 0.05) is 18.7 Å². The van der Waals surface area contributed by atoms with Crippen LogP contribution in [0.4, 0.5) is 10.5 Å². The number of amides is 1. The molecule has 1 aliphatic heterocycles. The number of ether oxygens (including phenoxy) is 4. The Morgan fingerprint density at radius 3 is 2.23 bits per heavy atom. The van der Waals surface area contributed by atoms with Crippen molar-refractivity contribution in [1.29, 1.82) is 0 Å². The van der Waals surface area contributed by atoms with Crippen molar-refractivity contribution < 1.29 is 23.7 Å². The van der Waals surface area contributed by atoms with E-state index < -0.39 is 0 Å². The molecule has 0 radical (unpaired) electrons. The summed E-state index contributed by atoms with van der Waals surface area (Å²) in [7, 11) is 8.50. The third-order valence-electron chi connectivity index (χ3n) is 3.40. The van der Waals surface area contributed by atoms with Crippen molar-refractivity contribution in [3.63, 3.8) is 0 Å². The summed E-state index contributed by atoms with van der Waals surface area (Å²) >= 11 is 0. The second kappa shape index (κ2) is 6.74. The van der Waals surface area contributed by atoms with Crippen molar-refractivity contribution in [2.24, 2.45) is 0 Å². The van der Waals surface area contributed by atoms with Gasteiger partial charge in [0.25, 0.3) is 0 Å². The molecule has 0 bridgehead atoms.